The van der Waals surface area contributed by atoms with Gasteiger partial charge in [-0.2, -0.15) is 0 Å². The van der Waals surface area contributed by atoms with Crippen molar-refractivity contribution >= 4 is 33.4 Å². The SMILES string of the molecule is Cn1cnc2n[c]([Sn]([CH3])([CH3])[CH3])ncc21. The van der Waals surface area contributed by atoms with E-state index in [0.29, 0.717) is 0 Å². The molecule has 0 spiro atoms. The molecule has 0 unspecified atom stereocenters. The van der Waals surface area contributed by atoms with Gasteiger partial charge in [0.05, 0.1) is 0 Å². The molecule has 0 aliphatic heterocycles. The van der Waals surface area contributed by atoms with Crippen molar-refractivity contribution in [3.8, 4) is 0 Å². The molecule has 0 radical (unpaired) electrons. The Bertz CT molecular complexity index is 469. The molecule has 0 aromatic carbocycles. The molecule has 5 heteroatoms. The molecule has 0 fully saturated rings. The average Bonchev–Trinajstić information content (AvgIpc) is 2.46. The summed E-state index contributed by atoms with van der Waals surface area (Å²) in [5.41, 5.74) is 1.83. The van der Waals surface area contributed by atoms with Gasteiger partial charge in [0.15, 0.2) is 0 Å². The first kappa shape index (κ1) is 9.89. The van der Waals surface area contributed by atoms with Crippen molar-refractivity contribution in [2.24, 2.45) is 7.05 Å². The second-order valence-electron chi connectivity index (χ2n) is 4.51. The summed E-state index contributed by atoms with van der Waals surface area (Å²) in [5.74, 6) is 0. The molecule has 0 atom stereocenters. The van der Waals surface area contributed by atoms with Crippen LogP contribution >= 0.6 is 0 Å². The van der Waals surface area contributed by atoms with E-state index in [0.717, 1.165) is 15.0 Å². The Hall–Kier alpha value is -0.651. The van der Waals surface area contributed by atoms with Gasteiger partial charge in [0.25, 0.3) is 0 Å². The predicted molar refractivity (Wildman–Crippen MR) is 59.3 cm³/mol. The van der Waals surface area contributed by atoms with Gasteiger partial charge in [-0.15, -0.1) is 0 Å². The van der Waals surface area contributed by atoms with Crippen molar-refractivity contribution in [1.29, 1.82) is 0 Å². The Morgan fingerprint density at radius 3 is 2.57 bits per heavy atom. The van der Waals surface area contributed by atoms with Crippen LogP contribution in [-0.2, 0) is 7.05 Å². The standard InChI is InChI=1S/C6H5N4.3CH3.Sn/c1-10-4-9-6-5(10)2-7-3-8-6;;;;/h2,4H,1H3;3*1H3;. The Labute approximate surface area is 87.3 Å². The van der Waals surface area contributed by atoms with Crippen molar-refractivity contribution in [3.05, 3.63) is 12.5 Å². The van der Waals surface area contributed by atoms with Crippen LogP contribution in [0.2, 0.25) is 14.8 Å². The van der Waals surface area contributed by atoms with Gasteiger partial charge in [0.2, 0.25) is 0 Å². The molecule has 74 valence electrons. The average molecular weight is 297 g/mol. The molecule has 4 nitrogen and oxygen atoms in total. The van der Waals surface area contributed by atoms with Crippen molar-refractivity contribution in [2.75, 3.05) is 0 Å². The van der Waals surface area contributed by atoms with Crippen LogP contribution in [0, 0.1) is 0 Å². The summed E-state index contributed by atoms with van der Waals surface area (Å²) in [4.78, 5) is 20.1. The van der Waals surface area contributed by atoms with Crippen LogP contribution < -0.4 is 3.84 Å². The number of hydrogen-bond donors (Lipinski definition) is 0. The molecule has 0 N–H and O–H groups in total. The maximum absolute atomic E-state index is 4.52. The van der Waals surface area contributed by atoms with E-state index >= 15 is 0 Å². The molecule has 0 bridgehead atoms. The fraction of sp³-hybridized carbons (Fsp3) is 0.444. The summed E-state index contributed by atoms with van der Waals surface area (Å²) < 4.78 is 2.99. The number of aromatic nitrogens is 4. The molecule has 0 aliphatic rings. The summed E-state index contributed by atoms with van der Waals surface area (Å²) in [6.45, 7) is 0. The van der Waals surface area contributed by atoms with E-state index in [1.807, 2.05) is 17.8 Å². The normalized spacial score (nSPS) is 12.3. The second kappa shape index (κ2) is 3.18. The van der Waals surface area contributed by atoms with Crippen LogP contribution in [0.15, 0.2) is 12.5 Å². The summed E-state index contributed by atoms with van der Waals surface area (Å²) in [5, 5.41) is 0. The fourth-order valence-corrected chi connectivity index (χ4v) is 3.82. The van der Waals surface area contributed by atoms with E-state index in [9.17, 15) is 0 Å². The second-order valence-corrected chi connectivity index (χ2v) is 18.6. The minimum absolute atomic E-state index is 0.823. The van der Waals surface area contributed by atoms with Crippen LogP contribution in [0.3, 0.4) is 0 Å². The van der Waals surface area contributed by atoms with Gasteiger partial charge >= 0.3 is 87.3 Å². The van der Waals surface area contributed by atoms with Crippen LogP contribution in [0.1, 0.15) is 0 Å². The first-order valence-electron chi connectivity index (χ1n) is 4.63. The van der Waals surface area contributed by atoms with E-state index in [2.05, 4.69) is 29.8 Å². The topological polar surface area (TPSA) is 43.6 Å². The van der Waals surface area contributed by atoms with Crippen LogP contribution in [0.4, 0.5) is 0 Å². The molecular formula is C9H14N4Sn. The first-order chi connectivity index (χ1) is 6.48. The zero-order chi connectivity index (χ0) is 10.3. The molecule has 2 rings (SSSR count). The minimum atomic E-state index is -2.12. The summed E-state index contributed by atoms with van der Waals surface area (Å²) >= 11 is -2.12. The van der Waals surface area contributed by atoms with E-state index in [1.165, 1.54) is 0 Å². The third-order valence-electron chi connectivity index (χ3n) is 2.15. The molecule has 2 aromatic heterocycles. The molecular weight excluding hydrogens is 283 g/mol. The molecule has 14 heavy (non-hydrogen) atoms. The number of hydrogen-bond acceptors (Lipinski definition) is 3. The van der Waals surface area contributed by atoms with Crippen LogP contribution in [-0.4, -0.2) is 37.9 Å². The number of rotatable bonds is 1. The predicted octanol–water partition coefficient (Wildman–Crippen LogP) is 0.908. The first-order valence-corrected chi connectivity index (χ1v) is 14.6. The van der Waals surface area contributed by atoms with E-state index < -0.39 is 18.4 Å². The Morgan fingerprint density at radius 1 is 1.21 bits per heavy atom. The Kier molecular flexibility index (Phi) is 2.25. The molecule has 2 heterocycles. The van der Waals surface area contributed by atoms with Crippen molar-refractivity contribution < 1.29 is 0 Å². The molecule has 0 amide bonds. The van der Waals surface area contributed by atoms with Gasteiger partial charge in [-0.3, -0.25) is 0 Å². The van der Waals surface area contributed by atoms with E-state index in [-0.39, 0.29) is 0 Å². The Morgan fingerprint density at radius 2 is 1.93 bits per heavy atom. The van der Waals surface area contributed by atoms with Gasteiger partial charge < -0.3 is 0 Å². The Balaban J connectivity index is 2.63. The number of aryl methyl sites for hydroxylation is 1. The van der Waals surface area contributed by atoms with Gasteiger partial charge in [-0.25, -0.2) is 0 Å². The summed E-state index contributed by atoms with van der Waals surface area (Å²) in [6, 6.07) is 0. The fourth-order valence-electron chi connectivity index (χ4n) is 1.28. The van der Waals surface area contributed by atoms with Gasteiger partial charge in [-0.05, 0) is 0 Å². The van der Waals surface area contributed by atoms with Gasteiger partial charge in [-0.1, -0.05) is 0 Å². The zero-order valence-electron chi connectivity index (χ0n) is 8.94. The van der Waals surface area contributed by atoms with E-state index in [4.69, 9.17) is 0 Å². The number of imidazole rings is 1. The van der Waals surface area contributed by atoms with E-state index in [1.54, 1.807) is 6.33 Å². The molecule has 2 aromatic rings. The molecule has 0 saturated heterocycles. The summed E-state index contributed by atoms with van der Waals surface area (Å²) in [7, 11) is 1.96. The number of nitrogens with zero attached hydrogens (tertiary/aromatic N) is 4. The van der Waals surface area contributed by atoms with Crippen molar-refractivity contribution in [3.63, 3.8) is 0 Å². The summed E-state index contributed by atoms with van der Waals surface area (Å²) in [6.07, 6.45) is 3.66. The van der Waals surface area contributed by atoms with Crippen LogP contribution in [0.25, 0.3) is 11.2 Å². The van der Waals surface area contributed by atoms with Gasteiger partial charge in [0, 0.05) is 0 Å². The molecule has 0 saturated carbocycles. The quantitative estimate of drug-likeness (QED) is 0.735. The number of fused-ring (bicyclic) bond motifs is 1. The van der Waals surface area contributed by atoms with Crippen molar-refractivity contribution in [1.82, 2.24) is 19.5 Å². The monoisotopic (exact) mass is 298 g/mol. The maximum atomic E-state index is 4.52. The third-order valence-corrected chi connectivity index (χ3v) is 6.67. The van der Waals surface area contributed by atoms with Crippen molar-refractivity contribution in [2.45, 2.75) is 14.8 Å². The zero-order valence-corrected chi connectivity index (χ0v) is 11.8. The van der Waals surface area contributed by atoms with Gasteiger partial charge in [0.1, 0.15) is 0 Å². The van der Waals surface area contributed by atoms with Crippen LogP contribution in [0.5, 0.6) is 0 Å². The molecule has 0 aliphatic carbocycles. The third kappa shape index (κ3) is 1.62.